The van der Waals surface area contributed by atoms with Crippen molar-refractivity contribution in [1.82, 2.24) is 15.2 Å². The number of rotatable bonds is 6. The summed E-state index contributed by atoms with van der Waals surface area (Å²) in [7, 11) is 1.66. The number of hydrogen-bond acceptors (Lipinski definition) is 5. The summed E-state index contributed by atoms with van der Waals surface area (Å²) >= 11 is 1.71. The number of methoxy groups -OCH3 is 1. The zero-order valence-corrected chi connectivity index (χ0v) is 16.5. The Morgan fingerprint density at radius 2 is 1.68 bits per heavy atom. The molecule has 2 heterocycles. The zero-order valence-electron chi connectivity index (χ0n) is 15.6. The Balaban J connectivity index is 1.52. The summed E-state index contributed by atoms with van der Waals surface area (Å²) in [6, 6.07) is 24.2. The maximum absolute atomic E-state index is 5.21. The summed E-state index contributed by atoms with van der Waals surface area (Å²) in [5.41, 5.74) is 2.92. The van der Waals surface area contributed by atoms with E-state index in [1.54, 1.807) is 18.9 Å². The van der Waals surface area contributed by atoms with E-state index in [9.17, 15) is 0 Å². The minimum absolute atomic E-state index is 0.722. The molecule has 0 aliphatic heterocycles. The maximum atomic E-state index is 5.21. The Morgan fingerprint density at radius 3 is 2.43 bits per heavy atom. The molecule has 2 N–H and O–H groups in total. The highest BCUT2D eigenvalue weighted by atomic mass is 32.2. The average molecular weight is 388 g/mol. The van der Waals surface area contributed by atoms with Gasteiger partial charge in [-0.1, -0.05) is 30.0 Å². The predicted molar refractivity (Wildman–Crippen MR) is 113 cm³/mol. The van der Waals surface area contributed by atoms with Crippen molar-refractivity contribution >= 4 is 23.4 Å². The second-order valence-electron chi connectivity index (χ2n) is 6.26. The molecule has 0 saturated carbocycles. The summed E-state index contributed by atoms with van der Waals surface area (Å²) in [6.07, 6.45) is 0. The van der Waals surface area contributed by atoms with Crippen molar-refractivity contribution in [2.75, 3.05) is 12.4 Å². The van der Waals surface area contributed by atoms with Crippen LogP contribution in [0, 0.1) is 6.92 Å². The van der Waals surface area contributed by atoms with Crippen LogP contribution in [0.3, 0.4) is 0 Å². The first-order chi connectivity index (χ1) is 13.7. The molecule has 2 aromatic heterocycles. The first-order valence-electron chi connectivity index (χ1n) is 8.88. The summed E-state index contributed by atoms with van der Waals surface area (Å²) in [4.78, 5) is 6.91. The first-order valence-corrected chi connectivity index (χ1v) is 9.70. The molecule has 0 bridgehead atoms. The number of aromatic amines is 1. The average Bonchev–Trinajstić information content (AvgIpc) is 3.17. The van der Waals surface area contributed by atoms with Crippen LogP contribution in [0.2, 0.25) is 0 Å². The lowest BCUT2D eigenvalue weighted by atomic mass is 10.1. The Labute approximate surface area is 168 Å². The largest absolute Gasteiger partial charge is 0.497 e. The number of aromatic nitrogens is 3. The number of pyridine rings is 1. The van der Waals surface area contributed by atoms with Gasteiger partial charge in [-0.2, -0.15) is 5.10 Å². The van der Waals surface area contributed by atoms with Crippen molar-refractivity contribution in [3.63, 3.8) is 0 Å². The van der Waals surface area contributed by atoms with Gasteiger partial charge in [0.25, 0.3) is 0 Å². The molecule has 4 aromatic rings. The highest BCUT2D eigenvalue weighted by Crippen LogP contribution is 2.30. The van der Waals surface area contributed by atoms with E-state index < -0.39 is 0 Å². The van der Waals surface area contributed by atoms with E-state index in [1.807, 2.05) is 61.5 Å². The van der Waals surface area contributed by atoms with Crippen LogP contribution in [0.5, 0.6) is 5.75 Å². The van der Waals surface area contributed by atoms with Gasteiger partial charge in [0.15, 0.2) is 5.82 Å². The fourth-order valence-electron chi connectivity index (χ4n) is 2.82. The van der Waals surface area contributed by atoms with Gasteiger partial charge < -0.3 is 10.1 Å². The summed E-state index contributed by atoms with van der Waals surface area (Å²) < 4.78 is 5.21. The van der Waals surface area contributed by atoms with E-state index in [2.05, 4.69) is 38.7 Å². The van der Waals surface area contributed by atoms with Gasteiger partial charge >= 0.3 is 0 Å². The molecule has 0 amide bonds. The lowest BCUT2D eigenvalue weighted by molar-refractivity contribution is 0.415. The third-order valence-electron chi connectivity index (χ3n) is 4.14. The van der Waals surface area contributed by atoms with Crippen LogP contribution >= 0.6 is 11.8 Å². The van der Waals surface area contributed by atoms with E-state index in [0.717, 1.165) is 39.2 Å². The van der Waals surface area contributed by atoms with E-state index in [0.29, 0.717) is 0 Å². The predicted octanol–water partition coefficient (Wildman–Crippen LogP) is 5.68. The molecule has 0 saturated heterocycles. The SMILES string of the molecule is COc1ccc(-c2cc(Nc3cc(Sc4ccccc4)cc(C)n3)n[nH]2)cc1. The topological polar surface area (TPSA) is 62.8 Å². The third-order valence-corrected chi connectivity index (χ3v) is 5.12. The molecule has 5 nitrogen and oxygen atoms in total. The van der Waals surface area contributed by atoms with Crippen LogP contribution in [-0.2, 0) is 0 Å². The molecule has 0 aliphatic rings. The van der Waals surface area contributed by atoms with Crippen molar-refractivity contribution in [1.29, 1.82) is 0 Å². The van der Waals surface area contributed by atoms with Gasteiger partial charge in [-0.25, -0.2) is 4.98 Å². The van der Waals surface area contributed by atoms with Crippen molar-refractivity contribution in [2.45, 2.75) is 16.7 Å². The number of ether oxygens (including phenoxy) is 1. The molecule has 4 rings (SSSR count). The van der Waals surface area contributed by atoms with Crippen molar-refractivity contribution in [3.8, 4) is 17.0 Å². The first kappa shape index (κ1) is 18.1. The number of nitrogens with one attached hydrogen (secondary N) is 2. The molecule has 6 heteroatoms. The van der Waals surface area contributed by atoms with E-state index in [1.165, 1.54) is 4.90 Å². The molecule has 2 aromatic carbocycles. The van der Waals surface area contributed by atoms with Gasteiger partial charge in [-0.05, 0) is 61.0 Å². The van der Waals surface area contributed by atoms with Gasteiger partial charge in [0.1, 0.15) is 11.6 Å². The number of benzene rings is 2. The highest BCUT2D eigenvalue weighted by Gasteiger charge is 2.07. The quantitative estimate of drug-likeness (QED) is 0.445. The minimum Gasteiger partial charge on any atom is -0.497 e. The molecular formula is C22H20N4OS. The second-order valence-corrected chi connectivity index (χ2v) is 7.41. The molecule has 140 valence electrons. The fraction of sp³-hybridized carbons (Fsp3) is 0.0909. The van der Waals surface area contributed by atoms with Crippen molar-refractivity contribution < 1.29 is 4.74 Å². The Bertz CT molecular complexity index is 1060. The molecule has 0 unspecified atom stereocenters. The maximum Gasteiger partial charge on any atom is 0.153 e. The fourth-order valence-corrected chi connectivity index (χ4v) is 3.79. The third kappa shape index (κ3) is 4.35. The normalized spacial score (nSPS) is 10.6. The molecule has 0 atom stereocenters. The molecule has 0 radical (unpaired) electrons. The standard InChI is InChI=1S/C22H20N4OS/c1-15-12-19(28-18-6-4-3-5-7-18)13-21(23-15)24-22-14-20(25-26-22)16-8-10-17(27-2)11-9-16/h3-14H,1-2H3,(H2,23,24,25,26). The van der Waals surface area contributed by atoms with Crippen LogP contribution in [0.4, 0.5) is 11.6 Å². The van der Waals surface area contributed by atoms with Gasteiger partial charge in [0, 0.05) is 21.6 Å². The molecule has 28 heavy (non-hydrogen) atoms. The number of anilines is 2. The van der Waals surface area contributed by atoms with Gasteiger partial charge in [0.2, 0.25) is 0 Å². The highest BCUT2D eigenvalue weighted by molar-refractivity contribution is 7.99. The Kier molecular flexibility index (Phi) is 5.30. The zero-order chi connectivity index (χ0) is 19.3. The Morgan fingerprint density at radius 1 is 0.893 bits per heavy atom. The van der Waals surface area contributed by atoms with Gasteiger partial charge in [0.05, 0.1) is 12.8 Å². The van der Waals surface area contributed by atoms with Crippen LogP contribution in [0.1, 0.15) is 5.69 Å². The van der Waals surface area contributed by atoms with Crippen molar-refractivity contribution in [2.24, 2.45) is 0 Å². The molecule has 0 aliphatic carbocycles. The number of aryl methyl sites for hydroxylation is 1. The van der Waals surface area contributed by atoms with E-state index in [4.69, 9.17) is 4.74 Å². The van der Waals surface area contributed by atoms with Crippen LogP contribution in [-0.4, -0.2) is 22.3 Å². The molecule has 0 fully saturated rings. The van der Waals surface area contributed by atoms with Crippen LogP contribution < -0.4 is 10.1 Å². The second kappa shape index (κ2) is 8.19. The van der Waals surface area contributed by atoms with Crippen LogP contribution in [0.25, 0.3) is 11.3 Å². The summed E-state index contributed by atoms with van der Waals surface area (Å²) in [5, 5.41) is 10.7. The Hall–Kier alpha value is -3.25. The smallest absolute Gasteiger partial charge is 0.153 e. The minimum atomic E-state index is 0.722. The van der Waals surface area contributed by atoms with Gasteiger partial charge in [-0.3, -0.25) is 5.10 Å². The summed E-state index contributed by atoms with van der Waals surface area (Å²) in [5.74, 6) is 2.32. The van der Waals surface area contributed by atoms with Gasteiger partial charge in [-0.15, -0.1) is 0 Å². The number of nitrogens with zero attached hydrogens (tertiary/aromatic N) is 2. The lowest BCUT2D eigenvalue weighted by Gasteiger charge is -2.07. The number of H-pyrrole nitrogens is 1. The van der Waals surface area contributed by atoms with Crippen LogP contribution in [0.15, 0.2) is 82.6 Å². The molecule has 0 spiro atoms. The monoisotopic (exact) mass is 388 g/mol. The van der Waals surface area contributed by atoms with Crippen molar-refractivity contribution in [3.05, 3.63) is 78.5 Å². The number of hydrogen-bond donors (Lipinski definition) is 2. The van der Waals surface area contributed by atoms with E-state index >= 15 is 0 Å². The van der Waals surface area contributed by atoms with E-state index in [-0.39, 0.29) is 0 Å². The molecular weight excluding hydrogens is 368 g/mol. The lowest BCUT2D eigenvalue weighted by Crippen LogP contribution is -1.95. The summed E-state index contributed by atoms with van der Waals surface area (Å²) in [6.45, 7) is 1.99.